The van der Waals surface area contributed by atoms with Gasteiger partial charge in [-0.05, 0) is 42.7 Å². The number of urea groups is 1. The first kappa shape index (κ1) is 28.2. The average Bonchev–Trinajstić information content (AvgIpc) is 3.52. The number of Topliss-reactive ketones (excluding diaryl/α,β-unsaturated/α-hetero) is 1. The van der Waals surface area contributed by atoms with E-state index in [4.69, 9.17) is 4.74 Å². The fraction of sp³-hybridized carbons (Fsp3) is 0.250. The van der Waals surface area contributed by atoms with E-state index in [1.54, 1.807) is 24.1 Å². The second-order valence-corrected chi connectivity index (χ2v) is 11.1. The summed E-state index contributed by atoms with van der Waals surface area (Å²) >= 11 is 0. The van der Waals surface area contributed by atoms with E-state index in [9.17, 15) is 14.4 Å². The lowest BCUT2D eigenvalue weighted by Gasteiger charge is -2.39. The number of hydrogen-bond acceptors (Lipinski definition) is 4. The van der Waals surface area contributed by atoms with Crippen LogP contribution in [0.4, 0.5) is 16.2 Å². The van der Waals surface area contributed by atoms with Gasteiger partial charge in [0.05, 0.1) is 13.0 Å². The van der Waals surface area contributed by atoms with E-state index in [0.717, 1.165) is 17.5 Å². The van der Waals surface area contributed by atoms with Crippen LogP contribution in [-0.2, 0) is 16.8 Å². The summed E-state index contributed by atoms with van der Waals surface area (Å²) in [6, 6.07) is 30.7. The van der Waals surface area contributed by atoms with Crippen molar-refractivity contribution in [3.05, 3.63) is 125 Å². The number of rotatable bonds is 7. The number of hydrogen-bond donors (Lipinski definition) is 2. The van der Waals surface area contributed by atoms with Crippen LogP contribution in [0.5, 0.6) is 5.75 Å². The van der Waals surface area contributed by atoms with Crippen LogP contribution in [0.2, 0.25) is 0 Å². The van der Waals surface area contributed by atoms with Gasteiger partial charge in [-0.25, -0.2) is 4.79 Å². The zero-order valence-corrected chi connectivity index (χ0v) is 24.5. The molecule has 218 valence electrons. The number of aryl methyl sites for hydroxylation is 1. The second kappa shape index (κ2) is 11.4. The number of ketones is 1. The second-order valence-electron chi connectivity index (χ2n) is 11.1. The minimum Gasteiger partial charge on any atom is -0.496 e. The molecule has 1 fully saturated rings. The molecule has 4 unspecified atom stereocenters. The predicted octanol–water partition coefficient (Wildman–Crippen LogP) is 7.01. The summed E-state index contributed by atoms with van der Waals surface area (Å²) in [5, 5.41) is 6.10. The highest BCUT2D eigenvalue weighted by atomic mass is 16.5. The van der Waals surface area contributed by atoms with Gasteiger partial charge in [0.25, 0.3) is 5.91 Å². The Kier molecular flexibility index (Phi) is 7.48. The van der Waals surface area contributed by atoms with Gasteiger partial charge in [0.1, 0.15) is 5.75 Å². The molecular formula is C36H35N3O4. The number of ether oxygens (including phenoxy) is 1. The molecule has 4 aromatic carbocycles. The van der Waals surface area contributed by atoms with E-state index >= 15 is 0 Å². The molecule has 7 heteroatoms. The average molecular weight is 574 g/mol. The van der Waals surface area contributed by atoms with E-state index in [1.807, 2.05) is 97.9 Å². The molecule has 2 aliphatic rings. The first-order valence-electron chi connectivity index (χ1n) is 14.8. The van der Waals surface area contributed by atoms with E-state index < -0.39 is 35.4 Å². The van der Waals surface area contributed by atoms with Gasteiger partial charge in [0.2, 0.25) is 0 Å². The van der Waals surface area contributed by atoms with Crippen LogP contribution in [-0.4, -0.2) is 35.8 Å². The van der Waals surface area contributed by atoms with Gasteiger partial charge in [-0.3, -0.25) is 9.59 Å². The van der Waals surface area contributed by atoms with Crippen molar-refractivity contribution in [2.45, 2.75) is 44.2 Å². The topological polar surface area (TPSA) is 87.7 Å². The quantitative estimate of drug-likeness (QED) is 0.233. The lowest BCUT2D eigenvalue weighted by Crippen LogP contribution is -2.57. The third-order valence-electron chi connectivity index (χ3n) is 8.96. The summed E-state index contributed by atoms with van der Waals surface area (Å²) in [6.07, 6.45) is 1.38. The standard InChI is InChI=1S/C36H35N3O4/c1-4-23-19-21-25(22-20-23)37-35(42)39-29(5-2)31(26-15-9-12-18-30(26)43-3)32(33(40)24-13-7-6-8-14-24)36(39)27-16-10-11-17-28(27)38-34(36)41/h6-22,29,31-32H,4-5H2,1-3H3,(H,37,42)(H,38,41). The van der Waals surface area contributed by atoms with E-state index in [0.29, 0.717) is 34.7 Å². The van der Waals surface area contributed by atoms with Crippen LogP contribution < -0.4 is 15.4 Å². The number of anilines is 2. The van der Waals surface area contributed by atoms with Gasteiger partial charge in [-0.15, -0.1) is 0 Å². The van der Waals surface area contributed by atoms with Crippen LogP contribution in [0, 0.1) is 5.92 Å². The molecule has 1 saturated heterocycles. The van der Waals surface area contributed by atoms with Gasteiger partial charge in [-0.2, -0.15) is 0 Å². The Morgan fingerprint density at radius 2 is 1.56 bits per heavy atom. The summed E-state index contributed by atoms with van der Waals surface area (Å²) in [7, 11) is 1.60. The Labute approximate surface area is 251 Å². The number of likely N-dealkylation sites (tertiary alicyclic amines) is 1. The number of amides is 3. The third kappa shape index (κ3) is 4.47. The highest BCUT2D eigenvalue weighted by molar-refractivity contribution is 6.14. The Morgan fingerprint density at radius 3 is 2.26 bits per heavy atom. The molecule has 3 amide bonds. The zero-order chi connectivity index (χ0) is 30.1. The van der Waals surface area contributed by atoms with Crippen molar-refractivity contribution in [1.82, 2.24) is 4.90 Å². The molecule has 4 atom stereocenters. The van der Waals surface area contributed by atoms with E-state index in [-0.39, 0.29) is 5.78 Å². The van der Waals surface area contributed by atoms with Gasteiger partial charge in [0.15, 0.2) is 11.3 Å². The normalized spacial score (nSPS) is 22.3. The van der Waals surface area contributed by atoms with E-state index in [2.05, 4.69) is 17.6 Å². The number of carbonyl (C=O) groups excluding carboxylic acids is 3. The molecule has 6 rings (SSSR count). The summed E-state index contributed by atoms with van der Waals surface area (Å²) in [4.78, 5) is 45.6. The highest BCUT2D eigenvalue weighted by Crippen LogP contribution is 2.60. The van der Waals surface area contributed by atoms with Gasteiger partial charge >= 0.3 is 6.03 Å². The molecule has 7 nitrogen and oxygen atoms in total. The number of benzene rings is 4. The predicted molar refractivity (Wildman–Crippen MR) is 168 cm³/mol. The summed E-state index contributed by atoms with van der Waals surface area (Å²) < 4.78 is 5.81. The maximum Gasteiger partial charge on any atom is 0.323 e. The Hall–Kier alpha value is -4.91. The van der Waals surface area contributed by atoms with E-state index in [1.165, 1.54) is 0 Å². The lowest BCUT2D eigenvalue weighted by molar-refractivity contribution is -0.126. The first-order chi connectivity index (χ1) is 20.9. The molecular weight excluding hydrogens is 538 g/mol. The van der Waals surface area contributed by atoms with Gasteiger partial charge in [-0.1, -0.05) is 92.7 Å². The van der Waals surface area contributed by atoms with Crippen LogP contribution in [0.1, 0.15) is 53.2 Å². The molecule has 4 aromatic rings. The molecule has 2 aliphatic heterocycles. The summed E-state index contributed by atoms with van der Waals surface area (Å²) in [6.45, 7) is 4.07. The lowest BCUT2D eigenvalue weighted by atomic mass is 9.69. The number of methoxy groups -OCH3 is 1. The van der Waals surface area contributed by atoms with Crippen molar-refractivity contribution in [3.63, 3.8) is 0 Å². The Balaban J connectivity index is 1.61. The number of fused-ring (bicyclic) bond motifs is 2. The van der Waals surface area contributed by atoms with Crippen LogP contribution in [0.15, 0.2) is 103 Å². The number of nitrogens with one attached hydrogen (secondary N) is 2. The smallest absolute Gasteiger partial charge is 0.323 e. The summed E-state index contributed by atoms with van der Waals surface area (Å²) in [5.41, 5.74) is 2.63. The van der Waals surface area contributed by atoms with Crippen LogP contribution in [0.25, 0.3) is 0 Å². The molecule has 2 heterocycles. The zero-order valence-electron chi connectivity index (χ0n) is 24.5. The van der Waals surface area contributed by atoms with Crippen molar-refractivity contribution in [2.75, 3.05) is 17.7 Å². The van der Waals surface area contributed by atoms with Crippen LogP contribution in [0.3, 0.4) is 0 Å². The van der Waals surface area contributed by atoms with Crippen molar-refractivity contribution in [3.8, 4) is 5.75 Å². The maximum atomic E-state index is 14.8. The summed E-state index contributed by atoms with van der Waals surface area (Å²) in [5.74, 6) is -1.47. The van der Waals surface area contributed by atoms with Crippen molar-refractivity contribution in [1.29, 1.82) is 0 Å². The number of nitrogens with zero attached hydrogens (tertiary/aromatic N) is 1. The molecule has 1 spiro atoms. The minimum atomic E-state index is -1.61. The monoisotopic (exact) mass is 573 g/mol. The molecule has 0 radical (unpaired) electrons. The molecule has 43 heavy (non-hydrogen) atoms. The Morgan fingerprint density at radius 1 is 0.884 bits per heavy atom. The van der Waals surface area contributed by atoms with Crippen molar-refractivity contribution >= 4 is 29.1 Å². The molecule has 0 bridgehead atoms. The van der Waals surface area contributed by atoms with Crippen molar-refractivity contribution < 1.29 is 19.1 Å². The Bertz CT molecular complexity index is 1670. The highest BCUT2D eigenvalue weighted by Gasteiger charge is 2.70. The number of para-hydroxylation sites is 2. The third-order valence-corrected chi connectivity index (χ3v) is 8.96. The van der Waals surface area contributed by atoms with Crippen LogP contribution >= 0.6 is 0 Å². The minimum absolute atomic E-state index is 0.204. The molecule has 0 aliphatic carbocycles. The van der Waals surface area contributed by atoms with Crippen molar-refractivity contribution in [2.24, 2.45) is 5.92 Å². The molecule has 0 aromatic heterocycles. The van der Waals surface area contributed by atoms with Gasteiger partial charge < -0.3 is 20.3 Å². The largest absolute Gasteiger partial charge is 0.496 e. The van der Waals surface area contributed by atoms with Gasteiger partial charge in [0, 0.05) is 40.0 Å². The fourth-order valence-electron chi connectivity index (χ4n) is 7.08. The SMILES string of the molecule is CCc1ccc(NC(=O)N2C(CC)C(c3ccccc3OC)C(C(=O)c3ccccc3)C23C(=O)Nc2ccccc23)cc1. The molecule has 2 N–H and O–H groups in total. The molecule has 0 saturated carbocycles. The first-order valence-corrected chi connectivity index (χ1v) is 14.8. The number of carbonyl (C=O) groups is 3. The maximum absolute atomic E-state index is 14.8. The fourth-order valence-corrected chi connectivity index (χ4v) is 7.08.